The summed E-state index contributed by atoms with van der Waals surface area (Å²) in [5, 5.41) is 3.27. The van der Waals surface area contributed by atoms with Gasteiger partial charge in [-0.05, 0) is 25.5 Å². The number of hydrogen-bond acceptors (Lipinski definition) is 3. The van der Waals surface area contributed by atoms with Crippen molar-refractivity contribution in [2.75, 3.05) is 20.1 Å². The molecule has 2 rings (SSSR count). The molecule has 0 spiro atoms. The molecular weight excluding hydrogens is 262 g/mol. The van der Waals surface area contributed by atoms with Crippen molar-refractivity contribution in [3.05, 3.63) is 18.0 Å². The zero-order valence-corrected chi connectivity index (χ0v) is 12.7. The van der Waals surface area contributed by atoms with E-state index in [1.54, 1.807) is 13.2 Å². The van der Waals surface area contributed by atoms with Crippen molar-refractivity contribution in [3.8, 4) is 0 Å². The van der Waals surface area contributed by atoms with Crippen LogP contribution in [0.4, 0.5) is 0 Å². The number of sulfonamides is 1. The molecule has 108 valence electrons. The van der Waals surface area contributed by atoms with Gasteiger partial charge >= 0.3 is 0 Å². The molecule has 0 unspecified atom stereocenters. The number of rotatable bonds is 7. The van der Waals surface area contributed by atoms with E-state index in [0.717, 1.165) is 31.6 Å². The van der Waals surface area contributed by atoms with Gasteiger partial charge in [0.25, 0.3) is 0 Å². The molecule has 1 saturated carbocycles. The average Bonchev–Trinajstić information content (AvgIpc) is 3.15. The van der Waals surface area contributed by atoms with Crippen molar-refractivity contribution in [3.63, 3.8) is 0 Å². The average molecular weight is 285 g/mol. The Hall–Kier alpha value is -0.850. The molecule has 1 heterocycles. The van der Waals surface area contributed by atoms with E-state index in [0.29, 0.717) is 17.5 Å². The van der Waals surface area contributed by atoms with Crippen molar-refractivity contribution in [2.45, 2.75) is 44.2 Å². The molecule has 5 nitrogen and oxygen atoms in total. The maximum absolute atomic E-state index is 12.3. The maximum Gasteiger partial charge on any atom is 0.244 e. The van der Waals surface area contributed by atoms with Crippen LogP contribution in [0.3, 0.4) is 0 Å². The highest BCUT2D eigenvalue weighted by atomic mass is 32.2. The van der Waals surface area contributed by atoms with E-state index in [1.165, 1.54) is 4.31 Å². The minimum Gasteiger partial charge on any atom is -0.346 e. The second kappa shape index (κ2) is 5.64. The van der Waals surface area contributed by atoms with Crippen LogP contribution in [0.15, 0.2) is 17.2 Å². The smallest absolute Gasteiger partial charge is 0.244 e. The Morgan fingerprint density at radius 1 is 1.42 bits per heavy atom. The fraction of sp³-hybridized carbons (Fsp3) is 0.692. The molecule has 1 fully saturated rings. The standard InChI is InChI=1S/C13H23N3O2S/c1-4-14-9-12-8-13(10-16(12)11-6-7-11)19(17,18)15(3)5-2/h8,10-11,14H,4-7,9H2,1-3H3. The Morgan fingerprint density at radius 2 is 2.11 bits per heavy atom. The lowest BCUT2D eigenvalue weighted by Gasteiger charge is -2.13. The van der Waals surface area contributed by atoms with Crippen molar-refractivity contribution in [1.82, 2.24) is 14.2 Å². The second-order valence-corrected chi connectivity index (χ2v) is 7.05. The first-order valence-corrected chi connectivity index (χ1v) is 8.32. The largest absolute Gasteiger partial charge is 0.346 e. The lowest BCUT2D eigenvalue weighted by Crippen LogP contribution is -2.26. The van der Waals surface area contributed by atoms with Gasteiger partial charge in [-0.2, -0.15) is 0 Å². The van der Waals surface area contributed by atoms with Gasteiger partial charge in [-0.25, -0.2) is 12.7 Å². The molecule has 1 aromatic rings. The highest BCUT2D eigenvalue weighted by Crippen LogP contribution is 2.37. The van der Waals surface area contributed by atoms with Crippen molar-refractivity contribution in [2.24, 2.45) is 0 Å². The summed E-state index contributed by atoms with van der Waals surface area (Å²) in [6.07, 6.45) is 4.10. The summed E-state index contributed by atoms with van der Waals surface area (Å²) in [6, 6.07) is 2.30. The minimum atomic E-state index is -3.34. The Morgan fingerprint density at radius 3 is 2.63 bits per heavy atom. The van der Waals surface area contributed by atoms with Crippen LogP contribution in [-0.2, 0) is 16.6 Å². The van der Waals surface area contributed by atoms with E-state index in [4.69, 9.17) is 0 Å². The summed E-state index contributed by atoms with van der Waals surface area (Å²) in [5.41, 5.74) is 1.06. The van der Waals surface area contributed by atoms with E-state index < -0.39 is 10.0 Å². The Balaban J connectivity index is 2.31. The summed E-state index contributed by atoms with van der Waals surface area (Å²) < 4.78 is 28.2. The van der Waals surface area contributed by atoms with Crippen LogP contribution in [0.25, 0.3) is 0 Å². The molecule has 1 aliphatic rings. The summed E-state index contributed by atoms with van der Waals surface area (Å²) in [4.78, 5) is 0.414. The number of hydrogen-bond donors (Lipinski definition) is 1. The van der Waals surface area contributed by atoms with Crippen molar-refractivity contribution in [1.29, 1.82) is 0 Å². The quantitative estimate of drug-likeness (QED) is 0.827. The first kappa shape index (κ1) is 14.6. The molecule has 0 bridgehead atoms. The zero-order chi connectivity index (χ0) is 14.0. The number of aromatic nitrogens is 1. The van der Waals surface area contributed by atoms with Gasteiger partial charge < -0.3 is 9.88 Å². The summed E-state index contributed by atoms with van der Waals surface area (Å²) in [5.74, 6) is 0. The molecule has 0 atom stereocenters. The highest BCUT2D eigenvalue weighted by Gasteiger charge is 2.29. The second-order valence-electron chi connectivity index (χ2n) is 5.01. The number of nitrogens with zero attached hydrogens (tertiary/aromatic N) is 2. The molecule has 0 aromatic carbocycles. The van der Waals surface area contributed by atoms with E-state index in [9.17, 15) is 8.42 Å². The number of nitrogens with one attached hydrogen (secondary N) is 1. The van der Waals surface area contributed by atoms with Crippen LogP contribution in [0.2, 0.25) is 0 Å². The highest BCUT2D eigenvalue weighted by molar-refractivity contribution is 7.89. The first-order chi connectivity index (χ1) is 9.00. The molecule has 1 aromatic heterocycles. The fourth-order valence-electron chi connectivity index (χ4n) is 2.07. The van der Waals surface area contributed by atoms with Crippen LogP contribution in [0.1, 0.15) is 38.4 Å². The summed E-state index contributed by atoms with van der Waals surface area (Å²) in [7, 11) is -1.72. The molecule has 6 heteroatoms. The monoisotopic (exact) mass is 285 g/mol. The van der Waals surface area contributed by atoms with Gasteiger partial charge in [0.2, 0.25) is 10.0 Å². The van der Waals surface area contributed by atoms with Gasteiger partial charge in [0, 0.05) is 38.1 Å². The molecular formula is C13H23N3O2S. The summed E-state index contributed by atoms with van der Waals surface area (Å²) in [6.45, 7) is 5.98. The molecule has 0 amide bonds. The third-order valence-electron chi connectivity index (χ3n) is 3.56. The van der Waals surface area contributed by atoms with Gasteiger partial charge in [0.05, 0.1) is 0 Å². The van der Waals surface area contributed by atoms with Crippen molar-refractivity contribution >= 4 is 10.0 Å². The molecule has 0 radical (unpaired) electrons. The maximum atomic E-state index is 12.3. The van der Waals surface area contributed by atoms with Gasteiger partial charge in [-0.1, -0.05) is 13.8 Å². The summed E-state index contributed by atoms with van der Waals surface area (Å²) >= 11 is 0. The van der Waals surface area contributed by atoms with E-state index in [-0.39, 0.29) is 0 Å². The van der Waals surface area contributed by atoms with Crippen LogP contribution in [0, 0.1) is 0 Å². The van der Waals surface area contributed by atoms with E-state index >= 15 is 0 Å². The zero-order valence-electron chi connectivity index (χ0n) is 11.9. The van der Waals surface area contributed by atoms with Crippen LogP contribution >= 0.6 is 0 Å². The van der Waals surface area contributed by atoms with Crippen LogP contribution in [0.5, 0.6) is 0 Å². The molecule has 0 aliphatic heterocycles. The lowest BCUT2D eigenvalue weighted by molar-refractivity contribution is 0.486. The molecule has 1 aliphatic carbocycles. The fourth-order valence-corrected chi connectivity index (χ4v) is 3.31. The van der Waals surface area contributed by atoms with Gasteiger partial charge in [-0.3, -0.25) is 0 Å². The SMILES string of the molecule is CCNCc1cc(S(=O)(=O)N(C)CC)cn1C1CC1. The van der Waals surface area contributed by atoms with Crippen molar-refractivity contribution < 1.29 is 8.42 Å². The third-order valence-corrected chi connectivity index (χ3v) is 5.45. The van der Waals surface area contributed by atoms with E-state index in [2.05, 4.69) is 9.88 Å². The van der Waals surface area contributed by atoms with Gasteiger partial charge in [-0.15, -0.1) is 0 Å². The van der Waals surface area contributed by atoms with Gasteiger partial charge in [0.1, 0.15) is 4.90 Å². The predicted octanol–water partition coefficient (Wildman–Crippen LogP) is 1.57. The topological polar surface area (TPSA) is 54.3 Å². The Labute approximate surface area is 115 Å². The predicted molar refractivity (Wildman–Crippen MR) is 75.6 cm³/mol. The first-order valence-electron chi connectivity index (χ1n) is 6.88. The van der Waals surface area contributed by atoms with E-state index in [1.807, 2.05) is 19.9 Å². The Bertz CT molecular complexity index is 532. The van der Waals surface area contributed by atoms with Gasteiger partial charge in [0.15, 0.2) is 0 Å². The van der Waals surface area contributed by atoms with Crippen LogP contribution < -0.4 is 5.32 Å². The third kappa shape index (κ3) is 3.01. The molecule has 19 heavy (non-hydrogen) atoms. The molecule has 1 N–H and O–H groups in total. The lowest BCUT2D eigenvalue weighted by atomic mass is 10.4. The normalized spacial score (nSPS) is 16.2. The van der Waals surface area contributed by atoms with Crippen LogP contribution in [-0.4, -0.2) is 37.4 Å². The Kier molecular flexibility index (Phi) is 4.32. The molecule has 0 saturated heterocycles. The minimum absolute atomic E-state index is 0.414.